The molecule has 0 unspecified atom stereocenters. The van der Waals surface area contributed by atoms with Crippen LogP contribution >= 0.6 is 0 Å². The Labute approximate surface area is 103 Å². The van der Waals surface area contributed by atoms with Crippen molar-refractivity contribution in [3.05, 3.63) is 58.9 Å². The summed E-state index contributed by atoms with van der Waals surface area (Å²) >= 11 is 0. The molecule has 1 heterocycles. The molecule has 0 aliphatic carbocycles. The summed E-state index contributed by atoms with van der Waals surface area (Å²) < 4.78 is 0. The summed E-state index contributed by atoms with van der Waals surface area (Å²) in [6, 6.07) is 12.4. The van der Waals surface area contributed by atoms with Crippen LogP contribution in [0.15, 0.2) is 36.4 Å². The number of pyridine rings is 1. The van der Waals surface area contributed by atoms with Crippen LogP contribution in [0.2, 0.25) is 0 Å². The van der Waals surface area contributed by atoms with Crippen LogP contribution in [0.1, 0.15) is 22.5 Å². The molecule has 88 valence electrons. The third-order valence-electron chi connectivity index (χ3n) is 3.01. The van der Waals surface area contributed by atoms with Crippen LogP contribution in [0, 0.1) is 20.8 Å². The Morgan fingerprint density at radius 3 is 2.53 bits per heavy atom. The number of anilines is 1. The van der Waals surface area contributed by atoms with E-state index in [0.717, 1.165) is 17.9 Å². The van der Waals surface area contributed by atoms with Crippen LogP contribution in [0.4, 0.5) is 5.69 Å². The zero-order chi connectivity index (χ0) is 12.3. The normalized spacial score (nSPS) is 10.3. The molecule has 2 nitrogen and oxygen atoms in total. The summed E-state index contributed by atoms with van der Waals surface area (Å²) in [5, 5.41) is 3.43. The van der Waals surface area contributed by atoms with Gasteiger partial charge in [-0.2, -0.15) is 0 Å². The molecule has 0 amide bonds. The summed E-state index contributed by atoms with van der Waals surface area (Å²) in [4.78, 5) is 4.48. The largest absolute Gasteiger partial charge is 0.379 e. The molecule has 0 saturated heterocycles. The van der Waals surface area contributed by atoms with Gasteiger partial charge in [-0.05, 0) is 50.1 Å². The number of aryl methyl sites for hydroxylation is 2. The molecule has 1 aromatic carbocycles. The number of hydrogen-bond acceptors (Lipinski definition) is 2. The predicted octanol–water partition coefficient (Wildman–Crippen LogP) is 3.62. The van der Waals surface area contributed by atoms with Gasteiger partial charge in [-0.1, -0.05) is 18.2 Å². The Balaban J connectivity index is 2.10. The molecule has 0 aliphatic rings. The van der Waals surface area contributed by atoms with Crippen LogP contribution in [-0.4, -0.2) is 4.98 Å². The third-order valence-corrected chi connectivity index (χ3v) is 3.01. The van der Waals surface area contributed by atoms with E-state index in [4.69, 9.17) is 0 Å². The van der Waals surface area contributed by atoms with E-state index < -0.39 is 0 Å². The van der Waals surface area contributed by atoms with Gasteiger partial charge in [0, 0.05) is 11.4 Å². The summed E-state index contributed by atoms with van der Waals surface area (Å²) in [5.41, 5.74) is 5.94. The lowest BCUT2D eigenvalue weighted by Gasteiger charge is -2.11. The van der Waals surface area contributed by atoms with E-state index >= 15 is 0 Å². The van der Waals surface area contributed by atoms with Gasteiger partial charge in [-0.25, -0.2) is 0 Å². The van der Waals surface area contributed by atoms with Gasteiger partial charge in [0.25, 0.3) is 0 Å². The van der Waals surface area contributed by atoms with E-state index in [-0.39, 0.29) is 0 Å². The van der Waals surface area contributed by atoms with E-state index in [1.54, 1.807) is 0 Å². The average molecular weight is 226 g/mol. The molecule has 0 spiro atoms. The third kappa shape index (κ3) is 2.84. The number of benzene rings is 1. The Bertz CT molecular complexity index is 518. The first-order valence-corrected chi connectivity index (χ1v) is 5.89. The first-order valence-electron chi connectivity index (χ1n) is 5.89. The highest BCUT2D eigenvalue weighted by molar-refractivity contribution is 5.53. The van der Waals surface area contributed by atoms with Crippen molar-refractivity contribution in [2.24, 2.45) is 0 Å². The van der Waals surface area contributed by atoms with Crippen molar-refractivity contribution in [2.45, 2.75) is 27.3 Å². The SMILES string of the molecule is Cc1cccc(CNc2cccc(C)c2C)n1. The lowest BCUT2D eigenvalue weighted by atomic mass is 10.1. The van der Waals surface area contributed by atoms with Crippen molar-refractivity contribution < 1.29 is 0 Å². The number of rotatable bonds is 3. The molecule has 2 heteroatoms. The molecule has 0 bridgehead atoms. The van der Waals surface area contributed by atoms with Crippen molar-refractivity contribution >= 4 is 5.69 Å². The molecule has 0 atom stereocenters. The van der Waals surface area contributed by atoms with Gasteiger partial charge in [-0.3, -0.25) is 4.98 Å². The minimum Gasteiger partial charge on any atom is -0.379 e. The van der Waals surface area contributed by atoms with E-state index in [9.17, 15) is 0 Å². The fourth-order valence-electron chi connectivity index (χ4n) is 1.83. The molecule has 0 aliphatic heterocycles. The fraction of sp³-hybridized carbons (Fsp3) is 0.267. The zero-order valence-electron chi connectivity index (χ0n) is 10.6. The van der Waals surface area contributed by atoms with Gasteiger partial charge >= 0.3 is 0 Å². The maximum Gasteiger partial charge on any atom is 0.0597 e. The smallest absolute Gasteiger partial charge is 0.0597 e. The molecular weight excluding hydrogens is 208 g/mol. The van der Waals surface area contributed by atoms with Gasteiger partial charge in [-0.15, -0.1) is 0 Å². The standard InChI is InChI=1S/C15H18N2/c1-11-6-4-9-15(13(11)3)16-10-14-8-5-7-12(2)17-14/h4-9,16H,10H2,1-3H3. The maximum atomic E-state index is 4.48. The number of aromatic nitrogens is 1. The van der Waals surface area contributed by atoms with Crippen molar-refractivity contribution in [3.63, 3.8) is 0 Å². The second-order valence-corrected chi connectivity index (χ2v) is 4.37. The summed E-state index contributed by atoms with van der Waals surface area (Å²) in [6.45, 7) is 7.06. The monoisotopic (exact) mass is 226 g/mol. The number of hydrogen-bond donors (Lipinski definition) is 1. The molecule has 2 aromatic rings. The predicted molar refractivity (Wildman–Crippen MR) is 72.2 cm³/mol. The quantitative estimate of drug-likeness (QED) is 0.864. The lowest BCUT2D eigenvalue weighted by Crippen LogP contribution is -2.03. The second kappa shape index (κ2) is 5.00. The zero-order valence-corrected chi connectivity index (χ0v) is 10.6. The van der Waals surface area contributed by atoms with Crippen LogP contribution in [0.25, 0.3) is 0 Å². The minimum atomic E-state index is 0.770. The Morgan fingerprint density at radius 1 is 1.00 bits per heavy atom. The number of nitrogens with one attached hydrogen (secondary N) is 1. The molecule has 1 N–H and O–H groups in total. The average Bonchev–Trinajstić information content (AvgIpc) is 2.31. The Hall–Kier alpha value is -1.83. The van der Waals surface area contributed by atoms with E-state index in [0.29, 0.717) is 0 Å². The van der Waals surface area contributed by atoms with Crippen LogP contribution in [-0.2, 0) is 6.54 Å². The van der Waals surface area contributed by atoms with E-state index in [1.165, 1.54) is 16.8 Å². The van der Waals surface area contributed by atoms with E-state index in [1.807, 2.05) is 25.1 Å². The summed E-state index contributed by atoms with van der Waals surface area (Å²) in [7, 11) is 0. The van der Waals surface area contributed by atoms with Crippen molar-refractivity contribution in [1.82, 2.24) is 4.98 Å². The van der Waals surface area contributed by atoms with Gasteiger partial charge in [0.2, 0.25) is 0 Å². The first-order chi connectivity index (χ1) is 8.16. The molecule has 17 heavy (non-hydrogen) atoms. The Kier molecular flexibility index (Phi) is 3.43. The first kappa shape index (κ1) is 11.6. The highest BCUT2D eigenvalue weighted by atomic mass is 14.9. The van der Waals surface area contributed by atoms with Gasteiger partial charge < -0.3 is 5.32 Å². The van der Waals surface area contributed by atoms with Crippen molar-refractivity contribution in [2.75, 3.05) is 5.32 Å². The maximum absolute atomic E-state index is 4.48. The highest BCUT2D eigenvalue weighted by Gasteiger charge is 2.00. The van der Waals surface area contributed by atoms with Gasteiger partial charge in [0.1, 0.15) is 0 Å². The summed E-state index contributed by atoms with van der Waals surface area (Å²) in [5.74, 6) is 0. The molecule has 2 rings (SSSR count). The fourth-order valence-corrected chi connectivity index (χ4v) is 1.83. The second-order valence-electron chi connectivity index (χ2n) is 4.37. The minimum absolute atomic E-state index is 0.770. The van der Waals surface area contributed by atoms with Crippen LogP contribution < -0.4 is 5.32 Å². The molecule has 0 fully saturated rings. The molecule has 1 aromatic heterocycles. The van der Waals surface area contributed by atoms with Crippen molar-refractivity contribution in [3.8, 4) is 0 Å². The van der Waals surface area contributed by atoms with Crippen molar-refractivity contribution in [1.29, 1.82) is 0 Å². The highest BCUT2D eigenvalue weighted by Crippen LogP contribution is 2.18. The van der Waals surface area contributed by atoms with E-state index in [2.05, 4.69) is 42.3 Å². The summed E-state index contributed by atoms with van der Waals surface area (Å²) in [6.07, 6.45) is 0. The van der Waals surface area contributed by atoms with Gasteiger partial charge in [0.15, 0.2) is 0 Å². The molecule has 0 radical (unpaired) electrons. The number of nitrogens with zero attached hydrogens (tertiary/aromatic N) is 1. The Morgan fingerprint density at radius 2 is 1.76 bits per heavy atom. The van der Waals surface area contributed by atoms with Crippen LogP contribution in [0.3, 0.4) is 0 Å². The molecule has 0 saturated carbocycles. The molecular formula is C15H18N2. The van der Waals surface area contributed by atoms with Crippen LogP contribution in [0.5, 0.6) is 0 Å². The van der Waals surface area contributed by atoms with Gasteiger partial charge in [0.05, 0.1) is 12.2 Å². The lowest BCUT2D eigenvalue weighted by molar-refractivity contribution is 1.01. The topological polar surface area (TPSA) is 24.9 Å².